The van der Waals surface area contributed by atoms with Crippen LogP contribution in [-0.2, 0) is 11.2 Å². The van der Waals surface area contributed by atoms with Crippen molar-refractivity contribution < 1.29 is 9.59 Å². The highest BCUT2D eigenvalue weighted by molar-refractivity contribution is 9.10. The molecule has 0 radical (unpaired) electrons. The predicted octanol–water partition coefficient (Wildman–Crippen LogP) is 3.73. The van der Waals surface area contributed by atoms with Crippen molar-refractivity contribution >= 4 is 33.8 Å². The van der Waals surface area contributed by atoms with Crippen molar-refractivity contribution in [2.75, 3.05) is 4.90 Å². The minimum Gasteiger partial charge on any atom is -0.308 e. The van der Waals surface area contributed by atoms with E-state index in [1.807, 2.05) is 17.0 Å². The van der Waals surface area contributed by atoms with Crippen LogP contribution >= 0.6 is 15.9 Å². The van der Waals surface area contributed by atoms with Crippen molar-refractivity contribution in [3.63, 3.8) is 0 Å². The van der Waals surface area contributed by atoms with E-state index in [9.17, 15) is 9.59 Å². The van der Waals surface area contributed by atoms with Crippen LogP contribution in [0, 0.1) is 5.92 Å². The first-order chi connectivity index (χ1) is 9.65. The van der Waals surface area contributed by atoms with Gasteiger partial charge >= 0.3 is 0 Å². The molecule has 2 fully saturated rings. The van der Waals surface area contributed by atoms with E-state index in [1.54, 1.807) is 0 Å². The third kappa shape index (κ3) is 2.53. The molecule has 1 aromatic rings. The molecule has 2 aliphatic rings. The number of halogens is 1. The molecule has 0 N–H and O–H groups in total. The van der Waals surface area contributed by atoms with Gasteiger partial charge in [0.1, 0.15) is 0 Å². The number of aryl methyl sites for hydroxylation is 1. The summed E-state index contributed by atoms with van der Waals surface area (Å²) in [5.74, 6) is 0.384. The van der Waals surface area contributed by atoms with Crippen LogP contribution in [0.1, 0.15) is 48.5 Å². The molecule has 1 aromatic carbocycles. The summed E-state index contributed by atoms with van der Waals surface area (Å²) in [5.41, 5.74) is 2.54. The van der Waals surface area contributed by atoms with Gasteiger partial charge in [0.25, 0.3) is 0 Å². The molecular weight excluding hydrogens is 318 g/mol. The van der Waals surface area contributed by atoms with Gasteiger partial charge in [-0.3, -0.25) is 9.59 Å². The van der Waals surface area contributed by atoms with Gasteiger partial charge in [-0.2, -0.15) is 0 Å². The van der Waals surface area contributed by atoms with E-state index in [4.69, 9.17) is 0 Å². The van der Waals surface area contributed by atoms with Crippen molar-refractivity contribution in [1.29, 1.82) is 0 Å². The van der Waals surface area contributed by atoms with E-state index in [1.165, 1.54) is 0 Å². The Bertz CT molecular complexity index is 562. The molecule has 0 saturated heterocycles. The van der Waals surface area contributed by atoms with Gasteiger partial charge in [-0.1, -0.05) is 6.92 Å². The molecule has 0 atom stereocenters. The van der Waals surface area contributed by atoms with Crippen LogP contribution < -0.4 is 4.90 Å². The Morgan fingerprint density at radius 1 is 1.35 bits per heavy atom. The third-order valence-corrected chi connectivity index (χ3v) is 4.69. The second-order valence-electron chi connectivity index (χ2n) is 5.70. The van der Waals surface area contributed by atoms with E-state index in [0.29, 0.717) is 11.6 Å². The van der Waals surface area contributed by atoms with Gasteiger partial charge in [0.05, 0.1) is 11.3 Å². The predicted molar refractivity (Wildman–Crippen MR) is 82.1 cm³/mol. The number of anilines is 1. The zero-order valence-corrected chi connectivity index (χ0v) is 13.1. The molecule has 0 aliphatic heterocycles. The third-order valence-electron chi connectivity index (χ3n) is 4.03. The fraction of sp³-hybridized carbons (Fsp3) is 0.500. The normalized spacial score (nSPS) is 17.9. The fourth-order valence-electron chi connectivity index (χ4n) is 2.53. The van der Waals surface area contributed by atoms with Crippen molar-refractivity contribution in [3.05, 3.63) is 27.7 Å². The lowest BCUT2D eigenvalue weighted by molar-refractivity contribution is -0.119. The first-order valence-electron chi connectivity index (χ1n) is 7.26. The largest absolute Gasteiger partial charge is 0.308 e. The maximum Gasteiger partial charge on any atom is 0.230 e. The summed E-state index contributed by atoms with van der Waals surface area (Å²) in [6, 6.07) is 4.27. The zero-order chi connectivity index (χ0) is 14.3. The van der Waals surface area contributed by atoms with Gasteiger partial charge in [0, 0.05) is 16.4 Å². The Labute approximate surface area is 127 Å². The number of amides is 1. The maximum absolute atomic E-state index is 12.6. The summed E-state index contributed by atoms with van der Waals surface area (Å²) >= 11 is 3.47. The first kappa shape index (κ1) is 13.8. The lowest BCUT2D eigenvalue weighted by Crippen LogP contribution is -2.35. The Balaban J connectivity index is 2.06. The first-order valence-corrected chi connectivity index (χ1v) is 8.05. The molecule has 106 valence electrons. The number of hydrogen-bond acceptors (Lipinski definition) is 2. The standard InChI is InChI=1S/C16H18BrNO2/c1-2-10-7-14(17)13(9-19)15(8-10)18(12-5-6-12)16(20)11-3-4-11/h7-9,11-12H,2-6H2,1H3. The van der Waals surface area contributed by atoms with E-state index in [-0.39, 0.29) is 11.8 Å². The summed E-state index contributed by atoms with van der Waals surface area (Å²) < 4.78 is 0.788. The van der Waals surface area contributed by atoms with E-state index in [2.05, 4.69) is 22.9 Å². The SMILES string of the molecule is CCc1cc(Br)c(C=O)c(N(C(=O)C2CC2)C2CC2)c1. The van der Waals surface area contributed by atoms with Gasteiger partial charge in [-0.15, -0.1) is 0 Å². The number of nitrogens with zero attached hydrogens (tertiary/aromatic N) is 1. The molecule has 2 saturated carbocycles. The Hall–Kier alpha value is -1.16. The fourth-order valence-corrected chi connectivity index (χ4v) is 3.12. The van der Waals surface area contributed by atoms with Crippen LogP contribution in [-0.4, -0.2) is 18.2 Å². The Morgan fingerprint density at radius 2 is 2.05 bits per heavy atom. The molecule has 0 spiro atoms. The van der Waals surface area contributed by atoms with Crippen molar-refractivity contribution in [2.24, 2.45) is 5.92 Å². The van der Waals surface area contributed by atoms with Gasteiger partial charge in [-0.05, 0) is 65.7 Å². The monoisotopic (exact) mass is 335 g/mol. The van der Waals surface area contributed by atoms with Crippen LogP contribution in [0.3, 0.4) is 0 Å². The summed E-state index contributed by atoms with van der Waals surface area (Å²) in [4.78, 5) is 25.9. The Morgan fingerprint density at radius 3 is 2.55 bits per heavy atom. The minimum absolute atomic E-state index is 0.180. The molecule has 3 rings (SSSR count). The second kappa shape index (κ2) is 5.32. The molecule has 2 aliphatic carbocycles. The van der Waals surface area contributed by atoms with Gasteiger partial charge in [-0.25, -0.2) is 0 Å². The van der Waals surface area contributed by atoms with Crippen LogP contribution in [0.5, 0.6) is 0 Å². The maximum atomic E-state index is 12.6. The number of aldehydes is 1. The Kier molecular flexibility index (Phi) is 3.67. The molecule has 0 heterocycles. The van der Waals surface area contributed by atoms with Crippen molar-refractivity contribution in [2.45, 2.75) is 45.1 Å². The topological polar surface area (TPSA) is 37.4 Å². The molecule has 3 nitrogen and oxygen atoms in total. The average molecular weight is 336 g/mol. The van der Waals surface area contributed by atoms with Crippen LogP contribution in [0.15, 0.2) is 16.6 Å². The quantitative estimate of drug-likeness (QED) is 0.769. The van der Waals surface area contributed by atoms with Crippen molar-refractivity contribution in [1.82, 2.24) is 0 Å². The number of hydrogen-bond donors (Lipinski definition) is 0. The van der Waals surface area contributed by atoms with Crippen LogP contribution in [0.4, 0.5) is 5.69 Å². The second-order valence-corrected chi connectivity index (χ2v) is 6.55. The van der Waals surface area contributed by atoms with E-state index in [0.717, 1.165) is 54.1 Å². The van der Waals surface area contributed by atoms with Crippen LogP contribution in [0.25, 0.3) is 0 Å². The van der Waals surface area contributed by atoms with E-state index >= 15 is 0 Å². The zero-order valence-electron chi connectivity index (χ0n) is 11.6. The van der Waals surface area contributed by atoms with Gasteiger partial charge < -0.3 is 4.90 Å². The number of carbonyl (C=O) groups excluding carboxylic acids is 2. The molecule has 1 amide bonds. The molecular formula is C16H18BrNO2. The molecule has 0 aromatic heterocycles. The highest BCUT2D eigenvalue weighted by Crippen LogP contribution is 2.41. The van der Waals surface area contributed by atoms with Gasteiger partial charge in [0.2, 0.25) is 5.91 Å². The van der Waals surface area contributed by atoms with Crippen molar-refractivity contribution in [3.8, 4) is 0 Å². The molecule has 20 heavy (non-hydrogen) atoms. The van der Waals surface area contributed by atoms with Gasteiger partial charge in [0.15, 0.2) is 6.29 Å². The van der Waals surface area contributed by atoms with E-state index < -0.39 is 0 Å². The summed E-state index contributed by atoms with van der Waals surface area (Å²) in [6.45, 7) is 2.08. The average Bonchev–Trinajstić information content (AvgIpc) is 3.28. The minimum atomic E-state index is 0.180. The smallest absolute Gasteiger partial charge is 0.230 e. The molecule has 4 heteroatoms. The highest BCUT2D eigenvalue weighted by atomic mass is 79.9. The summed E-state index contributed by atoms with van der Waals surface area (Å²) in [5, 5.41) is 0. The lowest BCUT2D eigenvalue weighted by atomic mass is 10.1. The molecule has 0 unspecified atom stereocenters. The lowest BCUT2D eigenvalue weighted by Gasteiger charge is -2.25. The number of rotatable bonds is 5. The summed E-state index contributed by atoms with van der Waals surface area (Å²) in [6.07, 6.45) is 5.82. The molecule has 0 bridgehead atoms. The summed E-state index contributed by atoms with van der Waals surface area (Å²) in [7, 11) is 0. The number of benzene rings is 1. The highest BCUT2D eigenvalue weighted by Gasteiger charge is 2.41. The van der Waals surface area contributed by atoms with Crippen LogP contribution in [0.2, 0.25) is 0 Å². The number of carbonyl (C=O) groups is 2.